The molecule has 5 aromatic rings. The van der Waals surface area contributed by atoms with Gasteiger partial charge in [0.25, 0.3) is 11.8 Å². The van der Waals surface area contributed by atoms with Crippen molar-refractivity contribution in [1.82, 2.24) is 15.2 Å². The Kier molecular flexibility index (Phi) is 15.1. The van der Waals surface area contributed by atoms with Crippen LogP contribution in [0.4, 0.5) is 9.93 Å². The van der Waals surface area contributed by atoms with Crippen molar-refractivity contribution < 1.29 is 62.5 Å². The van der Waals surface area contributed by atoms with Crippen LogP contribution in [0, 0.1) is 0 Å². The van der Waals surface area contributed by atoms with Gasteiger partial charge in [-0.05, 0) is 102 Å². The van der Waals surface area contributed by atoms with Gasteiger partial charge in [-0.1, -0.05) is 53.7 Å². The lowest BCUT2D eigenvalue weighted by atomic mass is 10.0. The number of hydrogen-bond acceptors (Lipinski definition) is 16. The second-order valence-electron chi connectivity index (χ2n) is 19.0. The molecule has 0 saturated carbocycles. The van der Waals surface area contributed by atoms with Crippen molar-refractivity contribution in [3.8, 4) is 17.2 Å². The summed E-state index contributed by atoms with van der Waals surface area (Å²) in [7, 11) is 1.55. The topological polar surface area (TPSA) is 228 Å². The molecule has 2 atom stereocenters. The molecule has 0 aliphatic carbocycles. The first kappa shape index (κ1) is 51.4. The number of allylic oxidation sites excluding steroid dienone is 1. The van der Waals surface area contributed by atoms with Gasteiger partial charge in [-0.25, -0.2) is 23.9 Å². The van der Waals surface area contributed by atoms with Gasteiger partial charge < -0.3 is 39.3 Å². The molecule has 4 N–H and O–H groups in total. The number of phenols is 2. The van der Waals surface area contributed by atoms with E-state index in [9.17, 15) is 34.2 Å². The third-order valence-electron chi connectivity index (χ3n) is 10.6. The predicted molar refractivity (Wildman–Crippen MR) is 266 cm³/mol. The number of oxime groups is 1. The van der Waals surface area contributed by atoms with Gasteiger partial charge in [0.05, 0.1) is 7.11 Å². The molecule has 0 unspecified atom stereocenters. The zero-order valence-corrected chi connectivity index (χ0v) is 42.2. The van der Waals surface area contributed by atoms with E-state index in [1.54, 1.807) is 79.0 Å². The molecule has 2 aliphatic heterocycles. The summed E-state index contributed by atoms with van der Waals surface area (Å²) in [6, 6.07) is 18.5. The van der Waals surface area contributed by atoms with Crippen LogP contribution in [-0.2, 0) is 51.4 Å². The van der Waals surface area contributed by atoms with Gasteiger partial charge in [-0.2, -0.15) is 0 Å². The number of aromatic hydroxyl groups is 2. The largest absolute Gasteiger partial charge is 0.504 e. The molecule has 2 aliphatic rings. The Bertz CT molecular complexity index is 2950. The number of thiazole rings is 1. The number of amides is 3. The van der Waals surface area contributed by atoms with E-state index in [0.29, 0.717) is 23.4 Å². The molecule has 20 heteroatoms. The number of methoxy groups -OCH3 is 1. The Balaban J connectivity index is 1.12. The SMILES string of the molecule is COc1ccc(COC(=O)C2=C(/C=C\c3ccc(C[n+]4ccc5cc(O)c(O)cc5c4)cc3)CS[C@@H]3[C@H](NC(=O)/C(=N\OC(C)(C)C(=O)OC(C)(C)C)c4csc(NC(=O)OC(C)(C)C)n4)C(=O)N23)cc1. The van der Waals surface area contributed by atoms with Crippen molar-refractivity contribution in [3.05, 3.63) is 124 Å². The number of thioether (sulfide) groups is 1. The summed E-state index contributed by atoms with van der Waals surface area (Å²) in [6.07, 6.45) is 6.58. The maximum atomic E-state index is 14.2. The fraction of sp³-hybridized carbons (Fsp3) is 0.333. The Morgan fingerprint density at radius 2 is 1.55 bits per heavy atom. The summed E-state index contributed by atoms with van der Waals surface area (Å²) < 4.78 is 23.9. The first-order valence-electron chi connectivity index (χ1n) is 22.3. The van der Waals surface area contributed by atoms with E-state index in [2.05, 4.69) is 20.8 Å². The molecule has 3 amide bonds. The van der Waals surface area contributed by atoms with Crippen molar-refractivity contribution in [3.63, 3.8) is 0 Å². The molecule has 2 aromatic heterocycles. The summed E-state index contributed by atoms with van der Waals surface area (Å²) >= 11 is 2.30. The zero-order valence-electron chi connectivity index (χ0n) is 40.6. The number of nitrogens with one attached hydrogen (secondary N) is 2. The van der Waals surface area contributed by atoms with E-state index in [1.165, 1.54) is 48.0 Å². The number of carbonyl (C=O) groups is 5. The molecule has 0 spiro atoms. The molecular formula is C51H55N6O12S2+. The molecule has 1 fully saturated rings. The molecule has 18 nitrogen and oxygen atoms in total. The first-order chi connectivity index (χ1) is 33.5. The number of phenolic OH excluding ortho intramolecular Hbond substituents is 2. The van der Waals surface area contributed by atoms with Crippen LogP contribution in [0.2, 0.25) is 0 Å². The fourth-order valence-corrected chi connectivity index (χ4v) is 9.04. The van der Waals surface area contributed by atoms with Crippen LogP contribution in [0.5, 0.6) is 17.2 Å². The maximum absolute atomic E-state index is 14.2. The second kappa shape index (κ2) is 20.9. The molecule has 71 heavy (non-hydrogen) atoms. The van der Waals surface area contributed by atoms with Crippen molar-refractivity contribution in [2.45, 2.75) is 96.8 Å². The maximum Gasteiger partial charge on any atom is 0.413 e. The molecule has 1 saturated heterocycles. The van der Waals surface area contributed by atoms with E-state index >= 15 is 0 Å². The van der Waals surface area contributed by atoms with Crippen LogP contribution in [0.3, 0.4) is 0 Å². The first-order valence-corrected chi connectivity index (χ1v) is 24.3. The number of carbonyl (C=O) groups excluding carboxylic acids is 5. The Morgan fingerprint density at radius 3 is 2.21 bits per heavy atom. The molecule has 0 radical (unpaired) electrons. The molecule has 4 heterocycles. The van der Waals surface area contributed by atoms with Crippen LogP contribution in [0.15, 0.2) is 107 Å². The average molecular weight is 1010 g/mol. The lowest BCUT2D eigenvalue weighted by Crippen LogP contribution is -2.71. The lowest BCUT2D eigenvalue weighted by molar-refractivity contribution is -0.687. The Hall–Kier alpha value is -7.45. The number of ether oxygens (including phenoxy) is 4. The molecule has 0 bridgehead atoms. The molecular weight excluding hydrogens is 953 g/mol. The molecule has 372 valence electrons. The number of esters is 2. The van der Waals surface area contributed by atoms with E-state index in [4.69, 9.17) is 23.8 Å². The van der Waals surface area contributed by atoms with Crippen molar-refractivity contribution in [2.75, 3.05) is 18.2 Å². The van der Waals surface area contributed by atoms with E-state index in [0.717, 1.165) is 33.2 Å². The van der Waals surface area contributed by atoms with Crippen LogP contribution in [0.1, 0.15) is 77.8 Å². The van der Waals surface area contributed by atoms with Crippen LogP contribution in [-0.4, -0.2) is 96.7 Å². The number of fused-ring (bicyclic) bond motifs is 2. The highest BCUT2D eigenvalue weighted by Gasteiger charge is 2.54. The number of β-lactam (4-membered cyclic amide) rings is 1. The number of anilines is 1. The van der Waals surface area contributed by atoms with E-state index in [-0.39, 0.29) is 40.4 Å². The summed E-state index contributed by atoms with van der Waals surface area (Å²) in [4.78, 5) is 79.5. The van der Waals surface area contributed by atoms with Gasteiger partial charge in [0.1, 0.15) is 46.4 Å². The summed E-state index contributed by atoms with van der Waals surface area (Å²) in [5.41, 5.74) is -0.758. The Morgan fingerprint density at radius 1 is 0.887 bits per heavy atom. The lowest BCUT2D eigenvalue weighted by Gasteiger charge is -2.49. The minimum absolute atomic E-state index is 0.0198. The number of pyridine rings is 1. The highest BCUT2D eigenvalue weighted by molar-refractivity contribution is 8.00. The van der Waals surface area contributed by atoms with Crippen LogP contribution >= 0.6 is 23.1 Å². The molecule has 7 rings (SSSR count). The van der Waals surface area contributed by atoms with Crippen LogP contribution < -0.4 is 19.9 Å². The highest BCUT2D eigenvalue weighted by Crippen LogP contribution is 2.41. The third-order valence-corrected chi connectivity index (χ3v) is 12.6. The number of nitrogens with zero attached hydrogens (tertiary/aromatic N) is 4. The van der Waals surface area contributed by atoms with Gasteiger partial charge in [0.15, 0.2) is 41.3 Å². The number of aromatic nitrogens is 2. The van der Waals surface area contributed by atoms with Crippen molar-refractivity contribution in [1.29, 1.82) is 0 Å². The number of rotatable bonds is 15. The smallest absolute Gasteiger partial charge is 0.413 e. The van der Waals surface area contributed by atoms with E-state index < -0.39 is 63.8 Å². The summed E-state index contributed by atoms with van der Waals surface area (Å²) in [6.45, 7) is 13.4. The monoisotopic (exact) mass is 1010 g/mol. The predicted octanol–water partition coefficient (Wildman–Crippen LogP) is 7.35. The highest BCUT2D eigenvalue weighted by atomic mass is 32.2. The van der Waals surface area contributed by atoms with Gasteiger partial charge in [0.2, 0.25) is 5.60 Å². The van der Waals surface area contributed by atoms with Gasteiger partial charge >= 0.3 is 18.0 Å². The average Bonchev–Trinajstić information content (AvgIpc) is 3.76. The third kappa shape index (κ3) is 12.9. The quantitative estimate of drug-likeness (QED) is 0.0153. The normalized spacial score (nSPS) is 16.3. The summed E-state index contributed by atoms with van der Waals surface area (Å²) in [5.74, 6) is -2.49. The second-order valence-corrected chi connectivity index (χ2v) is 21.0. The Labute approximate surface area is 418 Å². The van der Waals surface area contributed by atoms with Gasteiger partial charge in [0, 0.05) is 28.1 Å². The minimum Gasteiger partial charge on any atom is -0.504 e. The standard InChI is InChI=1S/C51H54N6O12S2/c1-49(2,3)67-46(63)51(7,8)69-55-39(36-28-71-47(52-36)54-48(64)68-50(4,5)6)42(60)53-40-43(61)57-41(45(62)66-26-31-15-18-35(65-9)19-16-31)33(27-70-44(40)57)17-14-29-10-12-30(13-11-29)24-56-21-20-32-22-37(58)38(59)23-34(32)25-56/h10-23,25,28,40,44H,24,26-27H2,1-9H3,(H3,52,53,54,59,60,64)/p+1/b17-14-,55-39-/t40-,44-/m1/s1. The number of benzene rings is 3. The van der Waals surface area contributed by atoms with Crippen LogP contribution in [0.25, 0.3) is 16.8 Å². The zero-order chi connectivity index (χ0) is 51.4. The van der Waals surface area contributed by atoms with Gasteiger partial charge in [-0.15, -0.1) is 23.1 Å². The van der Waals surface area contributed by atoms with Crippen molar-refractivity contribution in [2.24, 2.45) is 5.16 Å². The minimum atomic E-state index is -1.68. The fourth-order valence-electron chi connectivity index (χ4n) is 7.05. The number of hydrogen-bond donors (Lipinski definition) is 4. The summed E-state index contributed by atoms with van der Waals surface area (Å²) in [5, 5.41) is 31.5. The molecule has 3 aromatic carbocycles. The van der Waals surface area contributed by atoms with Gasteiger partial charge in [-0.3, -0.25) is 19.8 Å². The van der Waals surface area contributed by atoms with Crippen molar-refractivity contribution >= 4 is 80.6 Å². The van der Waals surface area contributed by atoms with E-state index in [1.807, 2.05) is 53.4 Å².